The SMILES string of the molecule is CCOC(=O)C1CCC[NH+](Cc2cc(OC)c(OC)cc2OC)C1. The molecule has 134 valence electrons. The maximum absolute atomic E-state index is 12.0. The fraction of sp³-hybridized carbons (Fsp3) is 0.611. The molecule has 1 aromatic rings. The standard InChI is InChI=1S/C18H27NO5/c1-5-24-18(20)13-7-6-8-19(11-13)12-14-9-16(22-3)17(23-4)10-15(14)21-2/h9-10,13H,5-8,11-12H2,1-4H3/p+1. The van der Waals surface area contributed by atoms with Crippen LogP contribution in [0.25, 0.3) is 0 Å². The molecule has 1 N–H and O–H groups in total. The highest BCUT2D eigenvalue weighted by Crippen LogP contribution is 2.34. The number of benzene rings is 1. The van der Waals surface area contributed by atoms with E-state index in [1.807, 2.05) is 19.1 Å². The van der Waals surface area contributed by atoms with Gasteiger partial charge >= 0.3 is 5.97 Å². The molecule has 0 bridgehead atoms. The molecule has 0 spiro atoms. The molecule has 1 fully saturated rings. The van der Waals surface area contributed by atoms with E-state index in [0.29, 0.717) is 18.1 Å². The van der Waals surface area contributed by atoms with E-state index >= 15 is 0 Å². The predicted octanol–water partition coefficient (Wildman–Crippen LogP) is 1.07. The van der Waals surface area contributed by atoms with Crippen molar-refractivity contribution in [2.75, 3.05) is 41.0 Å². The molecule has 0 radical (unpaired) electrons. The first-order chi connectivity index (χ1) is 11.6. The first kappa shape index (κ1) is 18.4. The minimum absolute atomic E-state index is 0.0140. The lowest BCUT2D eigenvalue weighted by atomic mass is 9.97. The van der Waals surface area contributed by atoms with E-state index in [1.54, 1.807) is 21.3 Å². The topological polar surface area (TPSA) is 58.4 Å². The maximum Gasteiger partial charge on any atom is 0.314 e. The third-order valence-corrected chi connectivity index (χ3v) is 4.46. The lowest BCUT2D eigenvalue weighted by molar-refractivity contribution is -0.921. The Kier molecular flexibility index (Phi) is 6.73. The Balaban J connectivity index is 2.13. The molecule has 6 heteroatoms. The number of rotatable bonds is 7. The van der Waals surface area contributed by atoms with Crippen molar-refractivity contribution in [3.05, 3.63) is 17.7 Å². The molecule has 0 saturated carbocycles. The molecule has 0 aromatic heterocycles. The van der Waals surface area contributed by atoms with Crippen LogP contribution in [0.4, 0.5) is 0 Å². The second-order valence-electron chi connectivity index (χ2n) is 5.99. The van der Waals surface area contributed by atoms with Crippen molar-refractivity contribution in [1.82, 2.24) is 0 Å². The molecule has 6 nitrogen and oxygen atoms in total. The summed E-state index contributed by atoms with van der Waals surface area (Å²) in [7, 11) is 4.88. The van der Waals surface area contributed by atoms with Gasteiger partial charge in [0.1, 0.15) is 18.2 Å². The molecule has 1 saturated heterocycles. The van der Waals surface area contributed by atoms with Gasteiger partial charge in [-0.3, -0.25) is 4.79 Å². The van der Waals surface area contributed by atoms with Crippen molar-refractivity contribution in [3.8, 4) is 17.2 Å². The van der Waals surface area contributed by atoms with E-state index in [9.17, 15) is 4.79 Å². The van der Waals surface area contributed by atoms with Gasteiger partial charge in [0, 0.05) is 6.07 Å². The summed E-state index contributed by atoms with van der Waals surface area (Å²) in [4.78, 5) is 13.4. The van der Waals surface area contributed by atoms with Crippen LogP contribution in [0.1, 0.15) is 25.3 Å². The summed E-state index contributed by atoms with van der Waals surface area (Å²) < 4.78 is 21.4. The molecule has 2 rings (SSSR count). The molecular weight excluding hydrogens is 310 g/mol. The number of ether oxygens (including phenoxy) is 4. The lowest BCUT2D eigenvalue weighted by Crippen LogP contribution is -3.12. The first-order valence-corrected chi connectivity index (χ1v) is 8.42. The Hall–Kier alpha value is -1.95. The van der Waals surface area contributed by atoms with Crippen molar-refractivity contribution < 1.29 is 28.6 Å². The zero-order valence-corrected chi connectivity index (χ0v) is 15.0. The van der Waals surface area contributed by atoms with Gasteiger partial charge in [0.25, 0.3) is 0 Å². The molecule has 2 unspecified atom stereocenters. The van der Waals surface area contributed by atoms with Crippen LogP contribution in [0.5, 0.6) is 17.2 Å². The number of quaternary nitrogens is 1. The highest BCUT2D eigenvalue weighted by Gasteiger charge is 2.30. The lowest BCUT2D eigenvalue weighted by Gasteiger charge is -2.29. The number of methoxy groups -OCH3 is 3. The number of likely N-dealkylation sites (tertiary alicyclic amines) is 1. The average molecular weight is 338 g/mol. The zero-order chi connectivity index (χ0) is 17.5. The fourth-order valence-electron chi connectivity index (χ4n) is 3.27. The van der Waals surface area contributed by atoms with Gasteiger partial charge in [-0.25, -0.2) is 0 Å². The second-order valence-corrected chi connectivity index (χ2v) is 5.99. The van der Waals surface area contributed by atoms with Gasteiger partial charge in [-0.15, -0.1) is 0 Å². The molecule has 1 heterocycles. The van der Waals surface area contributed by atoms with Gasteiger partial charge in [-0.2, -0.15) is 0 Å². The first-order valence-electron chi connectivity index (χ1n) is 8.42. The Bertz CT molecular complexity index is 561. The van der Waals surface area contributed by atoms with Gasteiger partial charge in [0.2, 0.25) is 0 Å². The molecule has 0 aliphatic carbocycles. The number of carbonyl (C=O) groups excluding carboxylic acids is 1. The van der Waals surface area contributed by atoms with Crippen molar-refractivity contribution in [2.24, 2.45) is 5.92 Å². The van der Waals surface area contributed by atoms with Gasteiger partial charge in [-0.05, 0) is 25.8 Å². The van der Waals surface area contributed by atoms with Crippen molar-refractivity contribution in [3.63, 3.8) is 0 Å². The number of hydrogen-bond donors (Lipinski definition) is 1. The number of esters is 1. The third kappa shape index (κ3) is 4.32. The molecular formula is C18H28NO5+. The average Bonchev–Trinajstić information content (AvgIpc) is 2.61. The third-order valence-electron chi connectivity index (χ3n) is 4.46. The minimum atomic E-state index is -0.0750. The van der Waals surface area contributed by atoms with Crippen LogP contribution in [0.2, 0.25) is 0 Å². The van der Waals surface area contributed by atoms with Crippen LogP contribution in [0.15, 0.2) is 12.1 Å². The van der Waals surface area contributed by atoms with Crippen LogP contribution in [-0.2, 0) is 16.1 Å². The highest BCUT2D eigenvalue weighted by atomic mass is 16.5. The van der Waals surface area contributed by atoms with Gasteiger partial charge < -0.3 is 23.8 Å². The quantitative estimate of drug-likeness (QED) is 0.754. The zero-order valence-electron chi connectivity index (χ0n) is 15.0. The Labute approximate surface area is 143 Å². The largest absolute Gasteiger partial charge is 0.496 e. The van der Waals surface area contributed by atoms with E-state index in [0.717, 1.165) is 43.8 Å². The Morgan fingerprint density at radius 1 is 1.12 bits per heavy atom. The van der Waals surface area contributed by atoms with Crippen LogP contribution in [-0.4, -0.2) is 47.0 Å². The van der Waals surface area contributed by atoms with Gasteiger partial charge in [-0.1, -0.05) is 0 Å². The highest BCUT2D eigenvalue weighted by molar-refractivity contribution is 5.72. The number of nitrogens with one attached hydrogen (secondary N) is 1. The number of hydrogen-bond acceptors (Lipinski definition) is 5. The monoisotopic (exact) mass is 338 g/mol. The van der Waals surface area contributed by atoms with Crippen molar-refractivity contribution in [1.29, 1.82) is 0 Å². The summed E-state index contributed by atoms with van der Waals surface area (Å²) in [6.07, 6.45) is 1.93. The number of carbonyl (C=O) groups is 1. The second kappa shape index (κ2) is 8.78. The van der Waals surface area contributed by atoms with Gasteiger partial charge in [0.05, 0.1) is 46.6 Å². The van der Waals surface area contributed by atoms with E-state index in [2.05, 4.69) is 0 Å². The summed E-state index contributed by atoms with van der Waals surface area (Å²) in [5.41, 5.74) is 1.05. The van der Waals surface area contributed by atoms with Crippen molar-refractivity contribution >= 4 is 5.97 Å². The molecule has 1 aliphatic rings. The van der Waals surface area contributed by atoms with Crippen molar-refractivity contribution in [2.45, 2.75) is 26.3 Å². The van der Waals surface area contributed by atoms with E-state index < -0.39 is 0 Å². The summed E-state index contributed by atoms with van der Waals surface area (Å²) in [6.45, 7) is 4.89. The molecule has 24 heavy (non-hydrogen) atoms. The molecule has 2 atom stereocenters. The molecule has 1 aromatic carbocycles. The number of piperidine rings is 1. The Morgan fingerprint density at radius 2 is 1.79 bits per heavy atom. The van der Waals surface area contributed by atoms with E-state index in [-0.39, 0.29) is 11.9 Å². The normalized spacial score (nSPS) is 20.3. The maximum atomic E-state index is 12.0. The summed E-state index contributed by atoms with van der Waals surface area (Å²) in [6, 6.07) is 3.80. The smallest absolute Gasteiger partial charge is 0.314 e. The van der Waals surface area contributed by atoms with Crippen LogP contribution >= 0.6 is 0 Å². The predicted molar refractivity (Wildman–Crippen MR) is 89.9 cm³/mol. The van der Waals surface area contributed by atoms with Crippen LogP contribution < -0.4 is 19.1 Å². The summed E-state index contributed by atoms with van der Waals surface area (Å²) >= 11 is 0. The fourth-order valence-corrected chi connectivity index (χ4v) is 3.27. The van der Waals surface area contributed by atoms with E-state index in [1.165, 1.54) is 4.90 Å². The molecule has 0 amide bonds. The van der Waals surface area contributed by atoms with Crippen LogP contribution in [0.3, 0.4) is 0 Å². The van der Waals surface area contributed by atoms with E-state index in [4.69, 9.17) is 18.9 Å². The van der Waals surface area contributed by atoms with Gasteiger partial charge in [0.15, 0.2) is 11.5 Å². The Morgan fingerprint density at radius 3 is 2.42 bits per heavy atom. The van der Waals surface area contributed by atoms with Crippen LogP contribution in [0, 0.1) is 5.92 Å². The minimum Gasteiger partial charge on any atom is -0.496 e. The summed E-state index contributed by atoms with van der Waals surface area (Å²) in [5.74, 6) is 2.02. The molecule has 1 aliphatic heterocycles. The summed E-state index contributed by atoms with van der Waals surface area (Å²) in [5, 5.41) is 0.